The standard InChI is InChI=1S/C25H18Cl2FNO4/c1-13-11-18(24(33-2)19(27)12-13)22(30)20-21(14-3-5-15(26)6-4-14)29(25(32)23(20)31)17-9-7-16(28)8-10-17/h3-12,21,30H,1-2H3/b22-20+. The highest BCUT2D eigenvalue weighted by Crippen LogP contribution is 2.44. The van der Waals surface area contributed by atoms with Crippen molar-refractivity contribution in [2.75, 3.05) is 12.0 Å². The third-order valence-corrected chi connectivity index (χ3v) is 5.91. The lowest BCUT2D eigenvalue weighted by atomic mass is 9.94. The van der Waals surface area contributed by atoms with E-state index in [1.54, 1.807) is 43.3 Å². The Bertz CT molecular complexity index is 1290. The topological polar surface area (TPSA) is 66.8 Å². The Kier molecular flexibility index (Phi) is 6.15. The summed E-state index contributed by atoms with van der Waals surface area (Å²) in [6, 6.07) is 14.0. The predicted molar refractivity (Wildman–Crippen MR) is 125 cm³/mol. The molecule has 1 amide bonds. The third-order valence-electron chi connectivity index (χ3n) is 5.38. The Morgan fingerprint density at radius 3 is 2.27 bits per heavy atom. The number of hydrogen-bond donors (Lipinski definition) is 1. The van der Waals surface area contributed by atoms with Gasteiger partial charge in [0.2, 0.25) is 0 Å². The summed E-state index contributed by atoms with van der Waals surface area (Å²) in [5, 5.41) is 12.0. The van der Waals surface area contributed by atoms with E-state index in [1.165, 1.54) is 36.3 Å². The van der Waals surface area contributed by atoms with Crippen LogP contribution in [0.2, 0.25) is 10.0 Å². The number of ketones is 1. The van der Waals surface area contributed by atoms with Crippen LogP contribution in [0.15, 0.2) is 66.2 Å². The van der Waals surface area contributed by atoms with E-state index in [1.807, 2.05) is 0 Å². The number of carbonyl (C=O) groups excluding carboxylic acids is 2. The molecule has 1 fully saturated rings. The highest BCUT2D eigenvalue weighted by molar-refractivity contribution is 6.51. The highest BCUT2D eigenvalue weighted by atomic mass is 35.5. The van der Waals surface area contributed by atoms with Gasteiger partial charge in [-0.15, -0.1) is 0 Å². The van der Waals surface area contributed by atoms with Crippen LogP contribution in [0, 0.1) is 12.7 Å². The number of aryl methyl sites for hydroxylation is 1. The fraction of sp³-hybridized carbons (Fsp3) is 0.120. The molecule has 1 N–H and O–H groups in total. The van der Waals surface area contributed by atoms with Gasteiger partial charge >= 0.3 is 0 Å². The van der Waals surface area contributed by atoms with E-state index in [9.17, 15) is 19.1 Å². The molecular formula is C25H18Cl2FNO4. The van der Waals surface area contributed by atoms with Gasteiger partial charge in [0.15, 0.2) is 0 Å². The molecule has 3 aromatic carbocycles. The second kappa shape index (κ2) is 8.89. The van der Waals surface area contributed by atoms with Crippen LogP contribution in [-0.4, -0.2) is 23.9 Å². The van der Waals surface area contributed by atoms with Crippen molar-refractivity contribution in [1.29, 1.82) is 0 Å². The maximum absolute atomic E-state index is 13.5. The van der Waals surface area contributed by atoms with Crippen LogP contribution in [0.1, 0.15) is 22.7 Å². The number of methoxy groups -OCH3 is 1. The molecule has 0 aromatic heterocycles. The lowest BCUT2D eigenvalue weighted by Gasteiger charge is -2.25. The van der Waals surface area contributed by atoms with E-state index in [0.29, 0.717) is 16.3 Å². The third kappa shape index (κ3) is 4.08. The Hall–Kier alpha value is -3.35. The number of Topliss-reactive ketones (excluding diaryl/α,β-unsaturated/α-hetero) is 1. The van der Waals surface area contributed by atoms with Gasteiger partial charge < -0.3 is 9.84 Å². The minimum Gasteiger partial charge on any atom is -0.507 e. The number of benzene rings is 3. The fourth-order valence-corrected chi connectivity index (χ4v) is 4.40. The zero-order valence-corrected chi connectivity index (χ0v) is 19.1. The quantitative estimate of drug-likeness (QED) is 0.276. The van der Waals surface area contributed by atoms with E-state index >= 15 is 0 Å². The van der Waals surface area contributed by atoms with E-state index in [2.05, 4.69) is 0 Å². The molecule has 33 heavy (non-hydrogen) atoms. The largest absolute Gasteiger partial charge is 0.507 e. The first-order valence-corrected chi connectivity index (χ1v) is 10.6. The SMILES string of the molecule is COc1c(Cl)cc(C)cc1/C(O)=C1\C(=O)C(=O)N(c2ccc(F)cc2)C1c1ccc(Cl)cc1. The van der Waals surface area contributed by atoms with Crippen LogP contribution < -0.4 is 9.64 Å². The number of anilines is 1. The van der Waals surface area contributed by atoms with Crippen molar-refractivity contribution in [3.8, 4) is 5.75 Å². The van der Waals surface area contributed by atoms with Gasteiger partial charge in [0.1, 0.15) is 17.3 Å². The maximum Gasteiger partial charge on any atom is 0.300 e. The first kappa shape index (κ1) is 22.8. The zero-order valence-electron chi connectivity index (χ0n) is 17.6. The van der Waals surface area contributed by atoms with Gasteiger partial charge in [-0.2, -0.15) is 0 Å². The van der Waals surface area contributed by atoms with E-state index in [-0.39, 0.29) is 21.9 Å². The maximum atomic E-state index is 13.5. The molecule has 8 heteroatoms. The molecule has 1 unspecified atom stereocenters. The van der Waals surface area contributed by atoms with Gasteiger partial charge in [-0.1, -0.05) is 35.3 Å². The Morgan fingerprint density at radius 1 is 1.03 bits per heavy atom. The lowest BCUT2D eigenvalue weighted by molar-refractivity contribution is -0.132. The molecule has 168 valence electrons. The van der Waals surface area contributed by atoms with E-state index in [4.69, 9.17) is 27.9 Å². The van der Waals surface area contributed by atoms with Crippen molar-refractivity contribution in [2.45, 2.75) is 13.0 Å². The molecule has 4 rings (SSSR count). The summed E-state index contributed by atoms with van der Waals surface area (Å²) in [4.78, 5) is 27.6. The average Bonchev–Trinajstić information content (AvgIpc) is 3.04. The summed E-state index contributed by atoms with van der Waals surface area (Å²) in [5.74, 6) is -2.50. The van der Waals surface area contributed by atoms with Gasteiger partial charge in [0.05, 0.1) is 29.3 Å². The molecule has 1 aliphatic rings. The van der Waals surface area contributed by atoms with Crippen molar-refractivity contribution in [3.63, 3.8) is 0 Å². The Balaban J connectivity index is 2.00. The lowest BCUT2D eigenvalue weighted by Crippen LogP contribution is -2.29. The first-order valence-electron chi connectivity index (χ1n) is 9.89. The molecule has 1 saturated heterocycles. The Morgan fingerprint density at radius 2 is 1.67 bits per heavy atom. The predicted octanol–water partition coefficient (Wildman–Crippen LogP) is 6.08. The zero-order chi connectivity index (χ0) is 23.9. The molecule has 1 atom stereocenters. The van der Waals surface area contributed by atoms with Gasteiger partial charge in [-0.3, -0.25) is 14.5 Å². The molecule has 0 spiro atoms. The van der Waals surface area contributed by atoms with Crippen LogP contribution in [0.4, 0.5) is 10.1 Å². The van der Waals surface area contributed by atoms with E-state index in [0.717, 1.165) is 5.56 Å². The van der Waals surface area contributed by atoms with Crippen LogP contribution in [0.3, 0.4) is 0 Å². The average molecular weight is 486 g/mol. The van der Waals surface area contributed by atoms with Gasteiger partial charge in [-0.25, -0.2) is 4.39 Å². The molecule has 0 saturated carbocycles. The molecular weight excluding hydrogens is 468 g/mol. The second-order valence-electron chi connectivity index (χ2n) is 7.52. The van der Waals surface area contributed by atoms with Crippen LogP contribution in [-0.2, 0) is 9.59 Å². The number of ether oxygens (including phenoxy) is 1. The normalized spacial score (nSPS) is 17.5. The molecule has 0 aliphatic carbocycles. The summed E-state index contributed by atoms with van der Waals surface area (Å²) in [6.45, 7) is 1.77. The molecule has 5 nitrogen and oxygen atoms in total. The summed E-state index contributed by atoms with van der Waals surface area (Å²) < 4.78 is 18.9. The molecule has 1 heterocycles. The first-order chi connectivity index (χ1) is 15.7. The summed E-state index contributed by atoms with van der Waals surface area (Å²) in [5.41, 5.74) is 1.58. The van der Waals surface area contributed by atoms with Gasteiger partial charge in [0, 0.05) is 10.7 Å². The smallest absolute Gasteiger partial charge is 0.300 e. The number of rotatable bonds is 4. The summed E-state index contributed by atoms with van der Waals surface area (Å²) in [7, 11) is 1.39. The number of halogens is 3. The van der Waals surface area contributed by atoms with Crippen molar-refractivity contribution in [1.82, 2.24) is 0 Å². The van der Waals surface area contributed by atoms with Crippen LogP contribution >= 0.6 is 23.2 Å². The van der Waals surface area contributed by atoms with Crippen molar-refractivity contribution < 1.29 is 23.8 Å². The monoisotopic (exact) mass is 485 g/mol. The number of aliphatic hydroxyl groups is 1. The number of carbonyl (C=O) groups is 2. The summed E-state index contributed by atoms with van der Waals surface area (Å²) >= 11 is 12.3. The number of nitrogens with zero attached hydrogens (tertiary/aromatic N) is 1. The van der Waals surface area contributed by atoms with Gasteiger partial charge in [-0.05, 0) is 66.6 Å². The molecule has 0 radical (unpaired) electrons. The summed E-state index contributed by atoms with van der Waals surface area (Å²) in [6.07, 6.45) is 0. The molecule has 3 aromatic rings. The van der Waals surface area contributed by atoms with Gasteiger partial charge in [0.25, 0.3) is 11.7 Å². The molecule has 0 bridgehead atoms. The van der Waals surface area contributed by atoms with Crippen molar-refractivity contribution in [2.24, 2.45) is 0 Å². The number of amides is 1. The van der Waals surface area contributed by atoms with Crippen LogP contribution in [0.5, 0.6) is 5.75 Å². The molecule has 1 aliphatic heterocycles. The minimum atomic E-state index is -0.989. The van der Waals surface area contributed by atoms with Crippen molar-refractivity contribution >= 4 is 46.3 Å². The van der Waals surface area contributed by atoms with E-state index < -0.39 is 29.3 Å². The highest BCUT2D eigenvalue weighted by Gasteiger charge is 2.47. The Labute approximate surface area is 199 Å². The van der Waals surface area contributed by atoms with Crippen LogP contribution in [0.25, 0.3) is 5.76 Å². The fourth-order valence-electron chi connectivity index (χ4n) is 3.92. The number of aliphatic hydroxyl groups excluding tert-OH is 1. The van der Waals surface area contributed by atoms with Crippen molar-refractivity contribution in [3.05, 3.63) is 98.8 Å². The number of hydrogen-bond acceptors (Lipinski definition) is 4. The second-order valence-corrected chi connectivity index (χ2v) is 8.37. The minimum absolute atomic E-state index is 0.147.